The SMILES string of the molecule is COc1ccc(C(C)(C)c2ccc(O)c(C(=O)Oc3ccccc3)c2)cc1. The molecule has 27 heavy (non-hydrogen) atoms. The van der Waals surface area contributed by atoms with E-state index in [9.17, 15) is 9.90 Å². The highest BCUT2D eigenvalue weighted by molar-refractivity contribution is 5.94. The minimum absolute atomic E-state index is 0.106. The molecule has 0 amide bonds. The zero-order chi connectivity index (χ0) is 19.4. The number of phenols is 1. The van der Waals surface area contributed by atoms with Crippen molar-refractivity contribution in [3.63, 3.8) is 0 Å². The average molecular weight is 362 g/mol. The first-order valence-electron chi connectivity index (χ1n) is 8.67. The van der Waals surface area contributed by atoms with Gasteiger partial charge in [0.25, 0.3) is 0 Å². The normalized spacial score (nSPS) is 11.1. The summed E-state index contributed by atoms with van der Waals surface area (Å²) < 4.78 is 10.6. The lowest BCUT2D eigenvalue weighted by molar-refractivity contribution is 0.0731. The van der Waals surface area contributed by atoms with E-state index in [4.69, 9.17) is 9.47 Å². The van der Waals surface area contributed by atoms with E-state index in [0.717, 1.165) is 16.9 Å². The number of benzene rings is 3. The predicted molar refractivity (Wildman–Crippen MR) is 105 cm³/mol. The molecule has 0 saturated carbocycles. The summed E-state index contributed by atoms with van der Waals surface area (Å²) in [5.74, 6) is 0.519. The molecular weight excluding hydrogens is 340 g/mol. The van der Waals surface area contributed by atoms with Crippen LogP contribution in [0.5, 0.6) is 17.2 Å². The number of carbonyl (C=O) groups excluding carboxylic acids is 1. The van der Waals surface area contributed by atoms with E-state index in [1.807, 2.05) is 36.4 Å². The van der Waals surface area contributed by atoms with Crippen LogP contribution in [-0.4, -0.2) is 18.2 Å². The first kappa shape index (κ1) is 18.5. The first-order valence-corrected chi connectivity index (χ1v) is 8.67. The first-order chi connectivity index (χ1) is 12.9. The maximum Gasteiger partial charge on any atom is 0.347 e. The van der Waals surface area contributed by atoms with Crippen LogP contribution in [0.1, 0.15) is 35.3 Å². The van der Waals surface area contributed by atoms with E-state index in [0.29, 0.717) is 5.75 Å². The van der Waals surface area contributed by atoms with Crippen LogP contribution < -0.4 is 9.47 Å². The van der Waals surface area contributed by atoms with Crippen molar-refractivity contribution < 1.29 is 19.4 Å². The van der Waals surface area contributed by atoms with E-state index < -0.39 is 5.97 Å². The molecule has 4 nitrogen and oxygen atoms in total. The van der Waals surface area contributed by atoms with Crippen LogP contribution in [0.25, 0.3) is 0 Å². The molecule has 0 unspecified atom stereocenters. The molecule has 0 aliphatic rings. The monoisotopic (exact) mass is 362 g/mol. The molecule has 3 aromatic rings. The van der Waals surface area contributed by atoms with Gasteiger partial charge in [0.15, 0.2) is 0 Å². The number of rotatable bonds is 5. The Hall–Kier alpha value is -3.27. The molecule has 4 heteroatoms. The van der Waals surface area contributed by atoms with Crippen molar-refractivity contribution in [2.45, 2.75) is 19.3 Å². The number of methoxy groups -OCH3 is 1. The molecule has 0 heterocycles. The molecule has 3 rings (SSSR count). The number of esters is 1. The van der Waals surface area contributed by atoms with Gasteiger partial charge in [0.05, 0.1) is 7.11 Å². The second-order valence-corrected chi connectivity index (χ2v) is 6.79. The number of hydrogen-bond donors (Lipinski definition) is 1. The number of ether oxygens (including phenoxy) is 2. The van der Waals surface area contributed by atoms with Gasteiger partial charge in [-0.2, -0.15) is 0 Å². The lowest BCUT2D eigenvalue weighted by Gasteiger charge is -2.27. The molecule has 0 fully saturated rings. The summed E-state index contributed by atoms with van der Waals surface area (Å²) in [4.78, 5) is 12.5. The van der Waals surface area contributed by atoms with Crippen molar-refractivity contribution >= 4 is 5.97 Å². The Balaban J connectivity index is 1.92. The van der Waals surface area contributed by atoms with Gasteiger partial charge >= 0.3 is 5.97 Å². The lowest BCUT2D eigenvalue weighted by Crippen LogP contribution is -2.20. The minimum atomic E-state index is -0.592. The fourth-order valence-electron chi connectivity index (χ4n) is 2.91. The Morgan fingerprint density at radius 1 is 0.852 bits per heavy atom. The van der Waals surface area contributed by atoms with Crippen molar-refractivity contribution in [3.05, 3.63) is 89.5 Å². The van der Waals surface area contributed by atoms with Gasteiger partial charge in [-0.1, -0.05) is 50.2 Å². The third-order valence-corrected chi connectivity index (χ3v) is 4.70. The fourth-order valence-corrected chi connectivity index (χ4v) is 2.91. The van der Waals surface area contributed by atoms with Crippen molar-refractivity contribution in [3.8, 4) is 17.2 Å². The summed E-state index contributed by atoms with van der Waals surface area (Å²) in [5, 5.41) is 10.2. The maximum absolute atomic E-state index is 12.5. The summed E-state index contributed by atoms with van der Waals surface area (Å²) in [6.45, 7) is 4.13. The molecule has 0 aliphatic heterocycles. The largest absolute Gasteiger partial charge is 0.507 e. The Morgan fingerprint density at radius 3 is 2.11 bits per heavy atom. The summed E-state index contributed by atoms with van der Waals surface area (Å²) >= 11 is 0. The van der Waals surface area contributed by atoms with Gasteiger partial charge in [-0.15, -0.1) is 0 Å². The molecular formula is C23H22O4. The minimum Gasteiger partial charge on any atom is -0.507 e. The van der Waals surface area contributed by atoms with Crippen LogP contribution in [-0.2, 0) is 5.41 Å². The molecule has 0 spiro atoms. The van der Waals surface area contributed by atoms with Gasteiger partial charge in [0.1, 0.15) is 22.8 Å². The second-order valence-electron chi connectivity index (χ2n) is 6.79. The zero-order valence-corrected chi connectivity index (χ0v) is 15.6. The summed E-state index contributed by atoms with van der Waals surface area (Å²) in [5.41, 5.74) is 1.72. The van der Waals surface area contributed by atoms with Crippen molar-refractivity contribution in [2.24, 2.45) is 0 Å². The molecule has 0 aromatic heterocycles. The Bertz CT molecular complexity index is 928. The highest BCUT2D eigenvalue weighted by Crippen LogP contribution is 2.35. The van der Waals surface area contributed by atoms with Gasteiger partial charge in [-0.05, 0) is 47.5 Å². The standard InChI is InChI=1S/C23H22O4/c1-23(2,16-9-12-18(26-3)13-10-16)17-11-14-21(24)20(15-17)22(25)27-19-7-5-4-6-8-19/h4-15,24H,1-3H3. The van der Waals surface area contributed by atoms with Crippen molar-refractivity contribution in [1.29, 1.82) is 0 Å². The summed E-state index contributed by atoms with van der Waals surface area (Å²) in [6.07, 6.45) is 0. The van der Waals surface area contributed by atoms with Crippen LogP contribution in [0.15, 0.2) is 72.8 Å². The van der Waals surface area contributed by atoms with Gasteiger partial charge in [-0.3, -0.25) is 0 Å². The molecule has 0 atom stereocenters. The Kier molecular flexibility index (Phi) is 5.17. The highest BCUT2D eigenvalue weighted by atomic mass is 16.5. The van der Waals surface area contributed by atoms with E-state index in [1.54, 1.807) is 37.4 Å². The topological polar surface area (TPSA) is 55.8 Å². The molecule has 0 saturated heterocycles. The lowest BCUT2D eigenvalue weighted by atomic mass is 9.77. The number of phenolic OH excluding ortho intramolecular Hbond substituents is 1. The molecule has 138 valence electrons. The van der Waals surface area contributed by atoms with Gasteiger partial charge in [0.2, 0.25) is 0 Å². The summed E-state index contributed by atoms with van der Waals surface area (Å²) in [7, 11) is 1.63. The van der Waals surface area contributed by atoms with E-state index in [2.05, 4.69) is 13.8 Å². The molecule has 0 radical (unpaired) electrons. The number of para-hydroxylation sites is 1. The second kappa shape index (κ2) is 7.54. The van der Waals surface area contributed by atoms with Crippen LogP contribution in [0, 0.1) is 0 Å². The van der Waals surface area contributed by atoms with Gasteiger partial charge < -0.3 is 14.6 Å². The fraction of sp³-hybridized carbons (Fsp3) is 0.174. The Labute approximate surface area is 159 Å². The van der Waals surface area contributed by atoms with Crippen LogP contribution in [0.4, 0.5) is 0 Å². The number of aromatic hydroxyl groups is 1. The third kappa shape index (κ3) is 3.95. The molecule has 1 N–H and O–H groups in total. The van der Waals surface area contributed by atoms with E-state index in [-0.39, 0.29) is 16.7 Å². The third-order valence-electron chi connectivity index (χ3n) is 4.70. The van der Waals surface area contributed by atoms with Gasteiger partial charge in [0, 0.05) is 5.41 Å². The van der Waals surface area contributed by atoms with Gasteiger partial charge in [-0.25, -0.2) is 4.79 Å². The van der Waals surface area contributed by atoms with Crippen LogP contribution in [0.2, 0.25) is 0 Å². The van der Waals surface area contributed by atoms with E-state index in [1.165, 1.54) is 6.07 Å². The Morgan fingerprint density at radius 2 is 1.48 bits per heavy atom. The molecule has 0 aliphatic carbocycles. The highest BCUT2D eigenvalue weighted by Gasteiger charge is 2.26. The molecule has 3 aromatic carbocycles. The van der Waals surface area contributed by atoms with Crippen LogP contribution in [0.3, 0.4) is 0 Å². The maximum atomic E-state index is 12.5. The van der Waals surface area contributed by atoms with Crippen molar-refractivity contribution in [2.75, 3.05) is 7.11 Å². The number of hydrogen-bond acceptors (Lipinski definition) is 4. The van der Waals surface area contributed by atoms with Crippen LogP contribution >= 0.6 is 0 Å². The smallest absolute Gasteiger partial charge is 0.347 e. The quantitative estimate of drug-likeness (QED) is 0.516. The average Bonchev–Trinajstić information content (AvgIpc) is 2.69. The number of carbonyl (C=O) groups is 1. The zero-order valence-electron chi connectivity index (χ0n) is 15.6. The predicted octanol–water partition coefficient (Wildman–Crippen LogP) is 4.95. The molecule has 0 bridgehead atoms. The summed E-state index contributed by atoms with van der Waals surface area (Å²) in [6, 6.07) is 21.6. The van der Waals surface area contributed by atoms with Crippen molar-refractivity contribution in [1.82, 2.24) is 0 Å². The van der Waals surface area contributed by atoms with E-state index >= 15 is 0 Å².